The molecule has 0 aliphatic heterocycles. The SMILES string of the molecule is CC/C=C\C/C=C\C/C=C\C/C=C\C/C=C\C/C=C\CCCCCOCC(CO)OC(=O)CCCCCCCC/C=C\C/C=C\C/C=C\CCCCC. The fourth-order valence-electron chi connectivity index (χ4n) is 5.39. The molecule has 4 heteroatoms. The van der Waals surface area contributed by atoms with Crippen LogP contribution in [0, 0.1) is 0 Å². The van der Waals surface area contributed by atoms with E-state index in [0.717, 1.165) is 103 Å². The van der Waals surface area contributed by atoms with E-state index in [1.807, 2.05) is 0 Å². The fraction of sp³-hybridized carbons (Fsp3) is 0.612. The van der Waals surface area contributed by atoms with Crippen LogP contribution in [0.3, 0.4) is 0 Å². The molecule has 0 aromatic carbocycles. The van der Waals surface area contributed by atoms with Gasteiger partial charge in [0, 0.05) is 13.0 Å². The Kier molecular flexibility index (Phi) is 42.7. The lowest BCUT2D eigenvalue weighted by molar-refractivity contribution is -0.154. The van der Waals surface area contributed by atoms with Crippen molar-refractivity contribution in [3.8, 4) is 0 Å². The Morgan fingerprint density at radius 2 is 0.849 bits per heavy atom. The number of aliphatic hydroxyl groups excluding tert-OH is 1. The normalized spacial score (nSPS) is 13.5. The van der Waals surface area contributed by atoms with Crippen LogP contribution in [-0.4, -0.2) is 37.0 Å². The Morgan fingerprint density at radius 3 is 1.28 bits per heavy atom. The van der Waals surface area contributed by atoms with E-state index in [2.05, 4.69) is 123 Å². The summed E-state index contributed by atoms with van der Waals surface area (Å²) in [4.78, 5) is 12.2. The first-order valence-corrected chi connectivity index (χ1v) is 21.5. The lowest BCUT2D eigenvalue weighted by Gasteiger charge is -2.15. The highest BCUT2D eigenvalue weighted by atomic mass is 16.6. The smallest absolute Gasteiger partial charge is 0.306 e. The molecule has 0 spiro atoms. The van der Waals surface area contributed by atoms with Crippen LogP contribution in [0.5, 0.6) is 0 Å². The highest BCUT2D eigenvalue weighted by Crippen LogP contribution is 2.11. The molecular formula is C49H80O4. The summed E-state index contributed by atoms with van der Waals surface area (Å²) in [6, 6.07) is 0. The predicted octanol–water partition coefficient (Wildman–Crippen LogP) is 14.3. The van der Waals surface area contributed by atoms with E-state index >= 15 is 0 Å². The van der Waals surface area contributed by atoms with Gasteiger partial charge < -0.3 is 14.6 Å². The van der Waals surface area contributed by atoms with Crippen LogP contribution in [0.4, 0.5) is 0 Å². The van der Waals surface area contributed by atoms with Gasteiger partial charge in [-0.15, -0.1) is 0 Å². The van der Waals surface area contributed by atoms with Gasteiger partial charge in [0.2, 0.25) is 0 Å². The quantitative estimate of drug-likeness (QED) is 0.0390. The minimum absolute atomic E-state index is 0.199. The molecular weight excluding hydrogens is 653 g/mol. The lowest BCUT2D eigenvalue weighted by Crippen LogP contribution is -2.27. The Labute approximate surface area is 327 Å². The number of esters is 1. The van der Waals surface area contributed by atoms with Gasteiger partial charge in [0.25, 0.3) is 0 Å². The van der Waals surface area contributed by atoms with Crippen molar-refractivity contribution in [3.63, 3.8) is 0 Å². The first-order valence-electron chi connectivity index (χ1n) is 21.5. The third-order valence-corrected chi connectivity index (χ3v) is 8.58. The fourth-order valence-corrected chi connectivity index (χ4v) is 5.39. The van der Waals surface area contributed by atoms with Crippen LogP contribution in [-0.2, 0) is 14.3 Å². The summed E-state index contributed by atoms with van der Waals surface area (Å²) in [6.07, 6.45) is 65.7. The van der Waals surface area contributed by atoms with Crippen molar-refractivity contribution in [2.45, 2.75) is 174 Å². The second kappa shape index (κ2) is 45.2. The van der Waals surface area contributed by atoms with Crippen molar-refractivity contribution in [1.29, 1.82) is 0 Å². The van der Waals surface area contributed by atoms with Crippen LogP contribution in [0.2, 0.25) is 0 Å². The summed E-state index contributed by atoms with van der Waals surface area (Å²) >= 11 is 0. The van der Waals surface area contributed by atoms with Crippen LogP contribution >= 0.6 is 0 Å². The number of rotatable bonds is 38. The molecule has 53 heavy (non-hydrogen) atoms. The van der Waals surface area contributed by atoms with Gasteiger partial charge in [0.1, 0.15) is 6.10 Å². The van der Waals surface area contributed by atoms with Gasteiger partial charge >= 0.3 is 5.97 Å². The van der Waals surface area contributed by atoms with Crippen molar-refractivity contribution in [2.75, 3.05) is 19.8 Å². The van der Waals surface area contributed by atoms with E-state index in [-0.39, 0.29) is 19.2 Å². The lowest BCUT2D eigenvalue weighted by atomic mass is 10.1. The molecule has 0 saturated heterocycles. The van der Waals surface area contributed by atoms with Gasteiger partial charge in [-0.3, -0.25) is 4.79 Å². The number of ether oxygens (including phenoxy) is 2. The number of aliphatic hydroxyl groups is 1. The molecule has 0 bridgehead atoms. The zero-order valence-electron chi connectivity index (χ0n) is 34.2. The summed E-state index contributed by atoms with van der Waals surface area (Å²) in [5.41, 5.74) is 0. The summed E-state index contributed by atoms with van der Waals surface area (Å²) in [6.45, 7) is 5.09. The highest BCUT2D eigenvalue weighted by molar-refractivity contribution is 5.69. The van der Waals surface area contributed by atoms with Gasteiger partial charge in [-0.25, -0.2) is 0 Å². The topological polar surface area (TPSA) is 55.8 Å². The number of allylic oxidation sites excluding steroid dienone is 18. The molecule has 0 aromatic rings. The summed E-state index contributed by atoms with van der Waals surface area (Å²) < 4.78 is 11.1. The van der Waals surface area contributed by atoms with E-state index in [4.69, 9.17) is 9.47 Å². The predicted molar refractivity (Wildman–Crippen MR) is 232 cm³/mol. The zero-order chi connectivity index (χ0) is 38.4. The van der Waals surface area contributed by atoms with Crippen molar-refractivity contribution in [2.24, 2.45) is 0 Å². The van der Waals surface area contributed by atoms with Crippen LogP contribution in [0.1, 0.15) is 168 Å². The maximum atomic E-state index is 12.2. The molecule has 1 atom stereocenters. The third kappa shape index (κ3) is 43.3. The monoisotopic (exact) mass is 733 g/mol. The van der Waals surface area contributed by atoms with E-state index in [1.54, 1.807) is 0 Å². The van der Waals surface area contributed by atoms with E-state index < -0.39 is 6.10 Å². The van der Waals surface area contributed by atoms with Gasteiger partial charge in [-0.05, 0) is 103 Å². The minimum Gasteiger partial charge on any atom is -0.457 e. The maximum absolute atomic E-state index is 12.2. The van der Waals surface area contributed by atoms with Gasteiger partial charge in [-0.1, -0.05) is 168 Å². The maximum Gasteiger partial charge on any atom is 0.306 e. The molecule has 0 amide bonds. The van der Waals surface area contributed by atoms with Crippen molar-refractivity contribution in [3.05, 3.63) is 109 Å². The van der Waals surface area contributed by atoms with E-state index in [1.165, 1.54) is 44.9 Å². The molecule has 1 unspecified atom stereocenters. The van der Waals surface area contributed by atoms with E-state index in [9.17, 15) is 9.90 Å². The summed E-state index contributed by atoms with van der Waals surface area (Å²) in [5, 5.41) is 9.60. The molecule has 0 rings (SSSR count). The van der Waals surface area contributed by atoms with Crippen LogP contribution in [0.25, 0.3) is 0 Å². The molecule has 1 N–H and O–H groups in total. The van der Waals surface area contributed by atoms with Gasteiger partial charge in [-0.2, -0.15) is 0 Å². The minimum atomic E-state index is -0.568. The largest absolute Gasteiger partial charge is 0.457 e. The molecule has 0 heterocycles. The molecule has 300 valence electrons. The molecule has 0 aliphatic carbocycles. The highest BCUT2D eigenvalue weighted by Gasteiger charge is 2.13. The zero-order valence-corrected chi connectivity index (χ0v) is 34.2. The Balaban J connectivity index is 3.60. The molecule has 0 aliphatic rings. The van der Waals surface area contributed by atoms with Gasteiger partial charge in [0.15, 0.2) is 0 Å². The summed E-state index contributed by atoms with van der Waals surface area (Å²) in [7, 11) is 0. The average molecular weight is 733 g/mol. The Bertz CT molecular complexity index is 1040. The number of carbonyl (C=O) groups excluding carboxylic acids is 1. The standard InChI is InChI=1S/C49H80O4/c1-3-5-7-9-11-13-15-17-19-21-23-24-25-27-29-31-33-35-37-39-41-43-45-52-47-48(46-50)53-49(51)44-42-40-38-36-34-32-30-28-26-22-20-18-16-14-12-10-8-6-4-2/h5,7,11-14,17-20,23-24,26-29,33,35,48,50H,3-4,6,8-10,15-16,21-22,25,30-32,34,36-47H2,1-2H3/b7-5-,13-11-,14-12-,19-17-,20-18-,24-23-,28-26-,29-27-,35-33-. The van der Waals surface area contributed by atoms with Crippen LogP contribution in [0.15, 0.2) is 109 Å². The molecule has 0 aromatic heterocycles. The van der Waals surface area contributed by atoms with Crippen LogP contribution < -0.4 is 0 Å². The van der Waals surface area contributed by atoms with Crippen molar-refractivity contribution >= 4 is 5.97 Å². The summed E-state index contributed by atoms with van der Waals surface area (Å²) in [5.74, 6) is -0.230. The number of carbonyl (C=O) groups is 1. The Morgan fingerprint density at radius 1 is 0.472 bits per heavy atom. The number of unbranched alkanes of at least 4 members (excludes halogenated alkanes) is 12. The molecule has 0 radical (unpaired) electrons. The molecule has 4 nitrogen and oxygen atoms in total. The second-order valence-corrected chi connectivity index (χ2v) is 13.7. The molecule has 0 fully saturated rings. The molecule has 0 saturated carbocycles. The first-order chi connectivity index (χ1) is 26.2. The number of hydrogen-bond donors (Lipinski definition) is 1. The first kappa shape index (κ1) is 50.1. The average Bonchev–Trinajstić information content (AvgIpc) is 3.16. The third-order valence-electron chi connectivity index (χ3n) is 8.58. The van der Waals surface area contributed by atoms with Crippen molar-refractivity contribution in [1.82, 2.24) is 0 Å². The number of hydrogen-bond acceptors (Lipinski definition) is 4. The van der Waals surface area contributed by atoms with E-state index in [0.29, 0.717) is 13.0 Å². The Hall–Kier alpha value is -2.95. The second-order valence-electron chi connectivity index (χ2n) is 13.7. The van der Waals surface area contributed by atoms with Crippen molar-refractivity contribution < 1.29 is 19.4 Å². The van der Waals surface area contributed by atoms with Gasteiger partial charge in [0.05, 0.1) is 13.2 Å².